The molecule has 1 unspecified atom stereocenters. The molecule has 27 heavy (non-hydrogen) atoms. The minimum Gasteiger partial charge on any atom is -0.480 e. The molecule has 3 aromatic carbocycles. The molecule has 3 heteroatoms. The summed E-state index contributed by atoms with van der Waals surface area (Å²) in [7, 11) is 0. The third-order valence-corrected chi connectivity index (χ3v) is 4.89. The molecule has 0 spiro atoms. The second-order valence-corrected chi connectivity index (χ2v) is 6.67. The van der Waals surface area contributed by atoms with Gasteiger partial charge in [-0.3, -0.25) is 10.1 Å². The number of benzene rings is 3. The fourth-order valence-corrected chi connectivity index (χ4v) is 3.62. The molecular formula is C24H25NO2. The average molecular weight is 359 g/mol. The Morgan fingerprint density at radius 3 is 1.48 bits per heavy atom. The third kappa shape index (κ3) is 3.93. The first-order valence-corrected chi connectivity index (χ1v) is 9.35. The van der Waals surface area contributed by atoms with Crippen molar-refractivity contribution in [1.82, 2.24) is 5.32 Å². The van der Waals surface area contributed by atoms with Crippen LogP contribution >= 0.6 is 0 Å². The van der Waals surface area contributed by atoms with Gasteiger partial charge >= 0.3 is 5.97 Å². The maximum absolute atomic E-state index is 12.0. The molecule has 0 bridgehead atoms. The van der Waals surface area contributed by atoms with Crippen molar-refractivity contribution in [3.05, 3.63) is 108 Å². The summed E-state index contributed by atoms with van der Waals surface area (Å²) in [5.74, 6) is -0.830. The van der Waals surface area contributed by atoms with Gasteiger partial charge < -0.3 is 5.11 Å². The van der Waals surface area contributed by atoms with Gasteiger partial charge in [0.25, 0.3) is 0 Å². The Hall–Kier alpha value is -2.91. The van der Waals surface area contributed by atoms with Gasteiger partial charge in [-0.25, -0.2) is 0 Å². The average Bonchev–Trinajstić information content (AvgIpc) is 2.73. The molecule has 2 N–H and O–H groups in total. The predicted octanol–water partition coefficient (Wildman–Crippen LogP) is 4.82. The van der Waals surface area contributed by atoms with Crippen molar-refractivity contribution in [1.29, 1.82) is 0 Å². The van der Waals surface area contributed by atoms with Crippen molar-refractivity contribution in [3.8, 4) is 0 Å². The second-order valence-electron chi connectivity index (χ2n) is 6.67. The molecule has 3 nitrogen and oxygen atoms in total. The lowest BCUT2D eigenvalue weighted by atomic mass is 9.76. The van der Waals surface area contributed by atoms with Crippen LogP contribution in [0.15, 0.2) is 91.0 Å². The molecule has 0 aliphatic rings. The highest BCUT2D eigenvalue weighted by Crippen LogP contribution is 2.37. The van der Waals surface area contributed by atoms with Crippen LogP contribution in [0.2, 0.25) is 0 Å². The standard InChI is InChI=1S/C24H25NO2/c1-2-12-22(23(26)27)25-24(19-13-6-3-7-14-19,20-15-8-4-9-16-20)21-17-10-5-11-18-21/h3-11,13-18,22,25H,2,12H2,1H3,(H,26,27). The third-order valence-electron chi connectivity index (χ3n) is 4.89. The zero-order valence-electron chi connectivity index (χ0n) is 15.5. The normalized spacial score (nSPS) is 12.5. The molecule has 3 rings (SSSR count). The molecular weight excluding hydrogens is 334 g/mol. The number of nitrogens with one attached hydrogen (secondary N) is 1. The van der Waals surface area contributed by atoms with Crippen LogP contribution in [0.1, 0.15) is 36.5 Å². The van der Waals surface area contributed by atoms with E-state index in [1.165, 1.54) is 0 Å². The smallest absolute Gasteiger partial charge is 0.320 e. The molecule has 1 atom stereocenters. The molecule has 3 aromatic rings. The monoisotopic (exact) mass is 359 g/mol. The van der Waals surface area contributed by atoms with Crippen molar-refractivity contribution in [3.63, 3.8) is 0 Å². The number of carboxylic acids is 1. The topological polar surface area (TPSA) is 49.3 Å². The minimum absolute atomic E-state index is 0.559. The van der Waals surface area contributed by atoms with Crippen molar-refractivity contribution in [2.75, 3.05) is 0 Å². The highest BCUT2D eigenvalue weighted by Gasteiger charge is 2.39. The van der Waals surface area contributed by atoms with Gasteiger partial charge in [0, 0.05) is 0 Å². The summed E-state index contributed by atoms with van der Waals surface area (Å²) >= 11 is 0. The Balaban J connectivity index is 2.27. The first kappa shape index (κ1) is 18.9. The number of carboxylic acid groups (broad SMARTS) is 1. The lowest BCUT2D eigenvalue weighted by molar-refractivity contribution is -0.140. The van der Waals surface area contributed by atoms with E-state index in [1.807, 2.05) is 61.5 Å². The van der Waals surface area contributed by atoms with Crippen molar-refractivity contribution in [2.45, 2.75) is 31.3 Å². The zero-order valence-corrected chi connectivity index (χ0v) is 15.5. The largest absolute Gasteiger partial charge is 0.480 e. The summed E-state index contributed by atoms with van der Waals surface area (Å²) in [6.07, 6.45) is 1.35. The van der Waals surface area contributed by atoms with Gasteiger partial charge in [0.1, 0.15) is 6.04 Å². The molecule has 0 saturated heterocycles. The molecule has 0 radical (unpaired) electrons. The molecule has 0 heterocycles. The first-order chi connectivity index (χ1) is 13.2. The van der Waals surface area contributed by atoms with Crippen LogP contribution in [0, 0.1) is 0 Å². The quantitative estimate of drug-likeness (QED) is 0.567. The summed E-state index contributed by atoms with van der Waals surface area (Å²) in [6, 6.07) is 29.6. The first-order valence-electron chi connectivity index (χ1n) is 9.35. The van der Waals surface area contributed by atoms with Gasteiger partial charge in [-0.15, -0.1) is 0 Å². The number of carbonyl (C=O) groups is 1. The summed E-state index contributed by atoms with van der Waals surface area (Å²) in [5.41, 5.74) is 2.31. The van der Waals surface area contributed by atoms with E-state index in [0.29, 0.717) is 6.42 Å². The lowest BCUT2D eigenvalue weighted by Gasteiger charge is -2.39. The van der Waals surface area contributed by atoms with E-state index in [4.69, 9.17) is 0 Å². The molecule has 0 aromatic heterocycles. The van der Waals surface area contributed by atoms with Crippen LogP contribution in [0.25, 0.3) is 0 Å². The summed E-state index contributed by atoms with van der Waals surface area (Å²) in [6.45, 7) is 2.01. The molecule has 0 fully saturated rings. The second kappa shape index (κ2) is 8.65. The van der Waals surface area contributed by atoms with Crippen LogP contribution < -0.4 is 5.32 Å². The Labute approximate surface area is 160 Å². The fraction of sp³-hybridized carbons (Fsp3) is 0.208. The van der Waals surface area contributed by atoms with Crippen molar-refractivity contribution < 1.29 is 9.90 Å². The van der Waals surface area contributed by atoms with Crippen LogP contribution in [0.5, 0.6) is 0 Å². The molecule has 0 aliphatic carbocycles. The Bertz CT molecular complexity index is 751. The zero-order chi connectivity index (χ0) is 19.1. The maximum Gasteiger partial charge on any atom is 0.320 e. The van der Waals surface area contributed by atoms with Gasteiger partial charge in [-0.1, -0.05) is 104 Å². The Kier molecular flexibility index (Phi) is 6.05. The van der Waals surface area contributed by atoms with Gasteiger partial charge in [0.05, 0.1) is 5.54 Å². The molecule has 138 valence electrons. The van der Waals surface area contributed by atoms with Gasteiger partial charge in [-0.2, -0.15) is 0 Å². The summed E-state index contributed by atoms with van der Waals surface area (Å²) in [4.78, 5) is 12.0. The van der Waals surface area contributed by atoms with Crippen LogP contribution in [0.4, 0.5) is 0 Å². The summed E-state index contributed by atoms with van der Waals surface area (Å²) < 4.78 is 0. The van der Waals surface area contributed by atoms with E-state index < -0.39 is 17.6 Å². The number of hydrogen-bond acceptors (Lipinski definition) is 2. The highest BCUT2D eigenvalue weighted by molar-refractivity contribution is 5.74. The Morgan fingerprint density at radius 2 is 1.19 bits per heavy atom. The minimum atomic E-state index is -0.830. The maximum atomic E-state index is 12.0. The van der Waals surface area contributed by atoms with E-state index in [-0.39, 0.29) is 0 Å². The summed E-state index contributed by atoms with van der Waals surface area (Å²) in [5, 5.41) is 13.4. The van der Waals surface area contributed by atoms with Crippen molar-refractivity contribution >= 4 is 5.97 Å². The van der Waals surface area contributed by atoms with Crippen LogP contribution in [0.3, 0.4) is 0 Å². The van der Waals surface area contributed by atoms with E-state index >= 15 is 0 Å². The molecule has 0 amide bonds. The van der Waals surface area contributed by atoms with Gasteiger partial charge in [0.2, 0.25) is 0 Å². The van der Waals surface area contributed by atoms with Gasteiger partial charge in [-0.05, 0) is 23.1 Å². The van der Waals surface area contributed by atoms with Crippen LogP contribution in [-0.4, -0.2) is 17.1 Å². The number of rotatable bonds is 8. The van der Waals surface area contributed by atoms with E-state index in [1.54, 1.807) is 0 Å². The van der Waals surface area contributed by atoms with E-state index in [9.17, 15) is 9.90 Å². The fourth-order valence-electron chi connectivity index (χ4n) is 3.62. The van der Waals surface area contributed by atoms with E-state index in [2.05, 4.69) is 41.7 Å². The predicted molar refractivity (Wildman–Crippen MR) is 109 cm³/mol. The molecule has 0 aliphatic heterocycles. The van der Waals surface area contributed by atoms with Gasteiger partial charge in [0.15, 0.2) is 0 Å². The van der Waals surface area contributed by atoms with Crippen molar-refractivity contribution in [2.24, 2.45) is 0 Å². The lowest BCUT2D eigenvalue weighted by Crippen LogP contribution is -2.52. The SMILES string of the molecule is CCCC(NC(c1ccccc1)(c1ccccc1)c1ccccc1)C(=O)O. The van der Waals surface area contributed by atoms with Crippen LogP contribution in [-0.2, 0) is 10.3 Å². The van der Waals surface area contributed by atoms with E-state index in [0.717, 1.165) is 23.1 Å². The number of hydrogen-bond donors (Lipinski definition) is 2. The highest BCUT2D eigenvalue weighted by atomic mass is 16.4. The molecule has 0 saturated carbocycles. The Morgan fingerprint density at radius 1 is 0.815 bits per heavy atom. The number of aliphatic carboxylic acids is 1.